The van der Waals surface area contributed by atoms with Crippen molar-refractivity contribution in [3.05, 3.63) is 75.7 Å². The molecule has 6 aliphatic rings. The van der Waals surface area contributed by atoms with Crippen molar-refractivity contribution in [1.82, 2.24) is 4.98 Å². The zero-order valence-electron chi connectivity index (χ0n) is 37.8. The van der Waals surface area contributed by atoms with Crippen LogP contribution in [0.2, 0.25) is 0 Å². The molecule has 0 spiro atoms. The molecule has 8 atom stereocenters. The molecule has 4 unspecified atom stereocenters. The van der Waals surface area contributed by atoms with E-state index in [2.05, 4.69) is 33.3 Å². The molecule has 334 valence electrons. The maximum Gasteiger partial charge on any atom is 0.312 e. The zero-order valence-corrected chi connectivity index (χ0v) is 37.8. The Bertz CT molecular complexity index is 2630. The fraction of sp³-hybridized carbons (Fsp3) is 0.490. The van der Waals surface area contributed by atoms with Crippen LogP contribution in [0.3, 0.4) is 0 Å². The predicted molar refractivity (Wildman–Crippen MR) is 237 cm³/mol. The lowest BCUT2D eigenvalue weighted by molar-refractivity contribution is -0.902. The fourth-order valence-corrected chi connectivity index (χ4v) is 9.73. The molecule has 1 fully saturated rings. The van der Waals surface area contributed by atoms with Crippen LogP contribution in [0.15, 0.2) is 63.6 Å². The monoisotopic (exact) mass is 864 g/mol. The number of hydrogen-bond donors (Lipinski definition) is 1. The number of aromatic nitrogens is 1. The molecule has 1 amide bonds. The molecule has 0 radical (unpaired) electrons. The number of ether oxygens (including phenoxy) is 6. The molecule has 1 aliphatic carbocycles. The molecule has 0 aromatic heterocycles. The lowest BCUT2D eigenvalue weighted by Gasteiger charge is -2.36. The van der Waals surface area contributed by atoms with Crippen LogP contribution in [0.5, 0.6) is 17.2 Å². The van der Waals surface area contributed by atoms with Crippen molar-refractivity contribution in [2.45, 2.75) is 104 Å². The standard InChI is InChI=1S/C49H57N3O11/c1-25-13-11-14-27(3)48(56)51-41-42(54)38-37(40-46(41)61-35-23-32(16-17-33(35)50-40)58-24-31-15-12-19-52(31,8)9)39-45-29(5)44(38)62-36(22-26(2)21-25)43(60-30(6)53)28(4)34(57-10)18-20-59-49(7,63-45)47(39)55/h11,13-14,16-18,20,23,25-26,28,31,34,36,43H,12,15,19,21-22,24H2,1-10H3/p+1/b13-11+,20-18+,27-14-/t25?,26-,28-,31?,34+,36?,43?,49+/m1/s1. The molecule has 5 aliphatic heterocycles. The Morgan fingerprint density at radius 1 is 1.05 bits per heavy atom. The third kappa shape index (κ3) is 8.07. The summed E-state index contributed by atoms with van der Waals surface area (Å²) < 4.78 is 45.7. The number of rotatable bonds is 5. The Kier molecular flexibility index (Phi) is 11.7. The van der Waals surface area contributed by atoms with Crippen molar-refractivity contribution in [3.63, 3.8) is 0 Å². The molecule has 2 aromatic rings. The third-order valence-corrected chi connectivity index (χ3v) is 13.4. The van der Waals surface area contributed by atoms with Crippen LogP contribution in [0, 0.1) is 24.7 Å². The van der Waals surface area contributed by atoms with Gasteiger partial charge in [0.25, 0.3) is 11.7 Å². The summed E-state index contributed by atoms with van der Waals surface area (Å²) in [6.07, 6.45) is 9.46. The van der Waals surface area contributed by atoms with Gasteiger partial charge in [-0.2, -0.15) is 0 Å². The summed E-state index contributed by atoms with van der Waals surface area (Å²) in [6, 6.07) is 5.62. The number of anilines is 1. The number of hydrogen-bond acceptors (Lipinski definition) is 12. The van der Waals surface area contributed by atoms with E-state index < -0.39 is 53.1 Å². The number of nitrogens with zero attached hydrogens (tertiary/aromatic N) is 2. The van der Waals surface area contributed by atoms with Crippen LogP contribution in [0.4, 0.5) is 5.69 Å². The highest BCUT2D eigenvalue weighted by molar-refractivity contribution is 6.22. The first kappa shape index (κ1) is 43.9. The zero-order chi connectivity index (χ0) is 45.1. The van der Waals surface area contributed by atoms with Gasteiger partial charge in [0, 0.05) is 62.3 Å². The Hall–Kier alpha value is -5.73. The number of fused-ring (bicyclic) bond motifs is 8. The average Bonchev–Trinajstić information content (AvgIpc) is 3.71. The van der Waals surface area contributed by atoms with E-state index in [9.17, 15) is 14.4 Å². The van der Waals surface area contributed by atoms with Gasteiger partial charge < -0.3 is 42.6 Å². The number of Topliss-reactive ketones (excluding diaryl/α,β-unsaturated/α-hetero) is 1. The first-order valence-electron chi connectivity index (χ1n) is 21.9. The van der Waals surface area contributed by atoms with E-state index in [4.69, 9.17) is 37.8 Å². The minimum Gasteiger partial charge on any atom is -0.487 e. The van der Waals surface area contributed by atoms with E-state index in [0.717, 1.165) is 30.3 Å². The maximum absolute atomic E-state index is 15.5. The molecule has 2 aromatic carbocycles. The second-order valence-corrected chi connectivity index (χ2v) is 18.6. The van der Waals surface area contributed by atoms with Gasteiger partial charge in [-0.3, -0.25) is 19.2 Å². The summed E-state index contributed by atoms with van der Waals surface area (Å²) in [5.41, 5.74) is 0.663. The smallest absolute Gasteiger partial charge is 0.312 e. The Morgan fingerprint density at radius 3 is 2.54 bits per heavy atom. The van der Waals surface area contributed by atoms with Crippen molar-refractivity contribution >= 4 is 45.2 Å². The SMILES string of the molecule is CO[C@H]1/C=C/O[C@@]2(C)Oc3c(C)c4c5c(=O)c(c6oc7cc(OCC8CCC[N+]8(C)C)ccc7nc-6c5c3C2=O)NC(=O)/C(C)=C\C=C\C(C)C[C@@H](C)CC(O4)C(OC(C)=O)[C@@H]1C. The van der Waals surface area contributed by atoms with E-state index in [0.29, 0.717) is 47.1 Å². The number of amides is 1. The molecule has 6 bridgehead atoms. The van der Waals surface area contributed by atoms with Crippen molar-refractivity contribution < 1.29 is 51.7 Å². The molecule has 8 rings (SSSR count). The number of likely N-dealkylation sites (N-methyl/N-ethyl adjacent to an activating group) is 1. The molecule has 1 saturated heterocycles. The second kappa shape index (κ2) is 16.8. The van der Waals surface area contributed by atoms with Gasteiger partial charge in [0.05, 0.1) is 44.0 Å². The number of carbonyl (C=O) groups is 3. The third-order valence-electron chi connectivity index (χ3n) is 13.4. The summed E-state index contributed by atoms with van der Waals surface area (Å²) >= 11 is 0. The highest BCUT2D eigenvalue weighted by Crippen LogP contribution is 2.52. The minimum absolute atomic E-state index is 0.00592. The predicted octanol–water partition coefficient (Wildman–Crippen LogP) is 8.04. The van der Waals surface area contributed by atoms with Crippen molar-refractivity contribution in [2.75, 3.05) is 39.7 Å². The van der Waals surface area contributed by atoms with E-state index in [1.807, 2.05) is 25.1 Å². The van der Waals surface area contributed by atoms with Crippen LogP contribution < -0.4 is 25.0 Å². The van der Waals surface area contributed by atoms with Crippen molar-refractivity contribution in [2.24, 2.45) is 17.8 Å². The van der Waals surface area contributed by atoms with Gasteiger partial charge in [-0.15, -0.1) is 0 Å². The maximum atomic E-state index is 15.5. The first-order valence-corrected chi connectivity index (χ1v) is 21.9. The van der Waals surface area contributed by atoms with Gasteiger partial charge in [0.1, 0.15) is 59.0 Å². The van der Waals surface area contributed by atoms with E-state index in [-0.39, 0.29) is 56.8 Å². The van der Waals surface area contributed by atoms with E-state index >= 15 is 4.79 Å². The van der Waals surface area contributed by atoms with Crippen LogP contribution in [0.25, 0.3) is 33.3 Å². The molecule has 14 nitrogen and oxygen atoms in total. The number of likely N-dealkylation sites (tertiary alicyclic amines) is 1. The number of carbonyl (C=O) groups excluding carboxylic acids is 3. The number of benzene rings is 3. The van der Waals surface area contributed by atoms with Crippen LogP contribution >= 0.6 is 0 Å². The number of quaternary nitrogens is 1. The Labute approximate surface area is 367 Å². The van der Waals surface area contributed by atoms with Crippen molar-refractivity contribution in [1.29, 1.82) is 0 Å². The molecular formula is C49H58N3O11+. The Balaban J connectivity index is 1.44. The highest BCUT2D eigenvalue weighted by atomic mass is 16.7. The topological polar surface area (TPSA) is 162 Å². The highest BCUT2D eigenvalue weighted by Gasteiger charge is 2.51. The summed E-state index contributed by atoms with van der Waals surface area (Å²) in [7, 11) is 5.94. The number of allylic oxidation sites excluding steroid dienone is 3. The van der Waals surface area contributed by atoms with E-state index in [1.54, 1.807) is 38.1 Å². The summed E-state index contributed by atoms with van der Waals surface area (Å²) in [6.45, 7) is 13.9. The lowest BCUT2D eigenvalue weighted by atomic mass is 9.85. The molecule has 1 N–H and O–H groups in total. The minimum atomic E-state index is -1.89. The van der Waals surface area contributed by atoms with Crippen LogP contribution in [-0.4, -0.2) is 91.6 Å². The average molecular weight is 865 g/mol. The Morgan fingerprint density at radius 2 is 1.83 bits per heavy atom. The fourth-order valence-electron chi connectivity index (χ4n) is 9.73. The van der Waals surface area contributed by atoms with Gasteiger partial charge in [-0.1, -0.05) is 39.0 Å². The normalized spacial score (nSPS) is 30.2. The lowest BCUT2D eigenvalue weighted by Crippen LogP contribution is -2.46. The van der Waals surface area contributed by atoms with Crippen molar-refractivity contribution in [3.8, 4) is 28.7 Å². The first-order chi connectivity index (χ1) is 29.9. The summed E-state index contributed by atoms with van der Waals surface area (Å²) in [5.74, 6) is -3.23. The molecule has 5 heterocycles. The number of esters is 1. The van der Waals surface area contributed by atoms with Gasteiger partial charge in [-0.05, 0) is 56.7 Å². The summed E-state index contributed by atoms with van der Waals surface area (Å²) in [4.78, 5) is 62.5. The van der Waals surface area contributed by atoms with Gasteiger partial charge in [-0.25, -0.2) is 4.98 Å². The quantitative estimate of drug-likeness (QED) is 0.0891. The second-order valence-electron chi connectivity index (χ2n) is 18.6. The number of methoxy groups -OCH3 is 1. The van der Waals surface area contributed by atoms with Gasteiger partial charge >= 0.3 is 11.8 Å². The largest absolute Gasteiger partial charge is 0.487 e. The molecule has 63 heavy (non-hydrogen) atoms. The van der Waals surface area contributed by atoms with Gasteiger partial charge in [0.15, 0.2) is 11.3 Å². The molecule has 0 saturated carbocycles. The van der Waals surface area contributed by atoms with Crippen LogP contribution in [0.1, 0.15) is 83.1 Å². The van der Waals surface area contributed by atoms with Crippen LogP contribution in [-0.2, 0) is 23.8 Å². The summed E-state index contributed by atoms with van der Waals surface area (Å²) in [5, 5.41) is 2.94. The van der Waals surface area contributed by atoms with Gasteiger partial charge in [0.2, 0.25) is 5.43 Å². The molecular weight excluding hydrogens is 807 g/mol. The van der Waals surface area contributed by atoms with E-state index in [1.165, 1.54) is 27.2 Å². The number of nitrogens with one attached hydrogen (secondary N) is 1. The number of ketones is 1. The molecule has 14 heteroatoms.